The van der Waals surface area contributed by atoms with Crippen LogP contribution in [0.1, 0.15) is 23.6 Å². The van der Waals surface area contributed by atoms with Gasteiger partial charge < -0.3 is 10.0 Å². The predicted octanol–water partition coefficient (Wildman–Crippen LogP) is 2.95. The zero-order valence-corrected chi connectivity index (χ0v) is 16.9. The minimum Gasteiger partial charge on any atom is -0.507 e. The molecule has 2 fully saturated rings. The van der Waals surface area contributed by atoms with E-state index in [0.717, 1.165) is 0 Å². The van der Waals surface area contributed by atoms with Crippen molar-refractivity contribution < 1.29 is 23.1 Å². The highest BCUT2D eigenvalue weighted by Gasteiger charge is 2.50. The highest BCUT2D eigenvalue weighted by molar-refractivity contribution is 7.91. The zero-order chi connectivity index (χ0) is 20.8. The van der Waals surface area contributed by atoms with Gasteiger partial charge in [-0.05, 0) is 24.1 Å². The minimum atomic E-state index is -3.28. The molecule has 0 aromatic heterocycles. The summed E-state index contributed by atoms with van der Waals surface area (Å²) >= 11 is 5.98. The number of benzene rings is 2. The monoisotopic (exact) mass is 431 g/mol. The fourth-order valence-electron chi connectivity index (χ4n) is 3.95. The number of carbonyl (C=O) groups is 2. The van der Waals surface area contributed by atoms with Gasteiger partial charge in [0, 0.05) is 16.6 Å². The molecule has 0 spiro atoms. The van der Waals surface area contributed by atoms with Crippen LogP contribution < -0.4 is 0 Å². The molecule has 0 aliphatic carbocycles. The number of aliphatic hydroxyl groups is 1. The summed E-state index contributed by atoms with van der Waals surface area (Å²) in [6, 6.07) is 13.6. The first-order chi connectivity index (χ1) is 13.8. The molecule has 0 bridgehead atoms. The maximum atomic E-state index is 12.9. The number of Topliss-reactive ketones (excluding diaryl/α,β-unsaturated/α-hetero) is 1. The average Bonchev–Trinajstić information content (AvgIpc) is 3.19. The van der Waals surface area contributed by atoms with E-state index in [-0.39, 0.29) is 29.3 Å². The lowest BCUT2D eigenvalue weighted by atomic mass is 9.95. The predicted molar refractivity (Wildman–Crippen MR) is 109 cm³/mol. The quantitative estimate of drug-likeness (QED) is 0.458. The highest BCUT2D eigenvalue weighted by Crippen LogP contribution is 2.42. The van der Waals surface area contributed by atoms with E-state index in [1.165, 1.54) is 4.90 Å². The van der Waals surface area contributed by atoms with Crippen LogP contribution in [0.15, 0.2) is 60.2 Å². The van der Waals surface area contributed by atoms with E-state index in [4.69, 9.17) is 11.6 Å². The van der Waals surface area contributed by atoms with E-state index < -0.39 is 33.6 Å². The van der Waals surface area contributed by atoms with Gasteiger partial charge in [0.05, 0.1) is 23.1 Å². The Morgan fingerprint density at radius 1 is 1.03 bits per heavy atom. The van der Waals surface area contributed by atoms with Gasteiger partial charge in [-0.15, -0.1) is 0 Å². The molecule has 2 aromatic carbocycles. The molecule has 4 rings (SSSR count). The Hall–Kier alpha value is -2.64. The summed E-state index contributed by atoms with van der Waals surface area (Å²) in [5, 5.41) is 11.4. The number of hydrogen-bond acceptors (Lipinski definition) is 5. The molecule has 0 radical (unpaired) electrons. The number of ketones is 1. The molecule has 1 amide bonds. The van der Waals surface area contributed by atoms with Crippen molar-refractivity contribution in [3.8, 4) is 0 Å². The molecule has 2 heterocycles. The second-order valence-corrected chi connectivity index (χ2v) is 9.85. The van der Waals surface area contributed by atoms with Crippen LogP contribution in [-0.4, -0.2) is 47.7 Å². The fourth-order valence-corrected chi connectivity index (χ4v) is 5.78. The Bertz CT molecular complexity index is 1110. The van der Waals surface area contributed by atoms with Crippen molar-refractivity contribution in [3.05, 3.63) is 76.3 Å². The molecule has 0 unspecified atom stereocenters. The second kappa shape index (κ2) is 7.31. The largest absolute Gasteiger partial charge is 0.507 e. The summed E-state index contributed by atoms with van der Waals surface area (Å²) < 4.78 is 24.0. The molecule has 2 saturated heterocycles. The number of rotatable bonds is 3. The van der Waals surface area contributed by atoms with Crippen molar-refractivity contribution in [2.45, 2.75) is 18.5 Å². The fraction of sp³-hybridized carbons (Fsp3) is 0.238. The number of sulfone groups is 1. The van der Waals surface area contributed by atoms with Crippen LogP contribution in [0.25, 0.3) is 5.76 Å². The SMILES string of the molecule is O=C1C(=O)N([C@@H]2CCS(=O)(=O)C2)[C@H](c2ccc(Cl)cc2)C1=C(O)c1ccccc1. The molecule has 2 aromatic rings. The van der Waals surface area contributed by atoms with Gasteiger partial charge >= 0.3 is 0 Å². The summed E-state index contributed by atoms with van der Waals surface area (Å²) in [6.07, 6.45) is 0.255. The molecule has 1 N–H and O–H groups in total. The van der Waals surface area contributed by atoms with Crippen molar-refractivity contribution in [2.75, 3.05) is 11.5 Å². The topological polar surface area (TPSA) is 91.8 Å². The third kappa shape index (κ3) is 3.56. The summed E-state index contributed by atoms with van der Waals surface area (Å²) in [6.45, 7) is 0. The third-order valence-electron chi connectivity index (χ3n) is 5.31. The van der Waals surface area contributed by atoms with E-state index in [0.29, 0.717) is 16.1 Å². The Morgan fingerprint density at radius 2 is 1.69 bits per heavy atom. The van der Waals surface area contributed by atoms with Gasteiger partial charge in [-0.3, -0.25) is 9.59 Å². The van der Waals surface area contributed by atoms with Gasteiger partial charge in [0.1, 0.15) is 5.76 Å². The van der Waals surface area contributed by atoms with Crippen LogP contribution in [0.3, 0.4) is 0 Å². The van der Waals surface area contributed by atoms with E-state index in [9.17, 15) is 23.1 Å². The number of halogens is 1. The number of likely N-dealkylation sites (tertiary alicyclic amines) is 1. The number of aliphatic hydroxyl groups excluding tert-OH is 1. The minimum absolute atomic E-state index is 0.0350. The van der Waals surface area contributed by atoms with Gasteiger partial charge in [0.2, 0.25) is 0 Å². The van der Waals surface area contributed by atoms with Crippen LogP contribution in [-0.2, 0) is 19.4 Å². The zero-order valence-electron chi connectivity index (χ0n) is 15.3. The van der Waals surface area contributed by atoms with Gasteiger partial charge in [-0.2, -0.15) is 0 Å². The standard InChI is InChI=1S/C21H18ClNO5S/c22-15-8-6-13(7-9-15)18-17(19(24)14-4-2-1-3-5-14)20(25)21(26)23(18)16-10-11-29(27,28)12-16/h1-9,16,18,24H,10-12H2/t16-,18-/m1/s1. The lowest BCUT2D eigenvalue weighted by molar-refractivity contribution is -0.141. The smallest absolute Gasteiger partial charge is 0.295 e. The number of nitrogens with zero attached hydrogens (tertiary/aromatic N) is 1. The molecule has 0 saturated carbocycles. The molecule has 2 atom stereocenters. The average molecular weight is 432 g/mol. The number of hydrogen-bond donors (Lipinski definition) is 1. The molecular formula is C21H18ClNO5S. The molecule has 2 aliphatic rings. The first-order valence-electron chi connectivity index (χ1n) is 9.10. The maximum Gasteiger partial charge on any atom is 0.295 e. The van der Waals surface area contributed by atoms with E-state index in [1.54, 1.807) is 54.6 Å². The first-order valence-corrected chi connectivity index (χ1v) is 11.3. The van der Waals surface area contributed by atoms with Crippen molar-refractivity contribution in [2.24, 2.45) is 0 Å². The van der Waals surface area contributed by atoms with Crippen LogP contribution in [0.2, 0.25) is 5.02 Å². The summed E-state index contributed by atoms with van der Waals surface area (Å²) in [5.41, 5.74) is 0.937. The highest BCUT2D eigenvalue weighted by atomic mass is 35.5. The molecule has 8 heteroatoms. The summed E-state index contributed by atoms with van der Waals surface area (Å²) in [4.78, 5) is 27.1. The molecule has 29 heavy (non-hydrogen) atoms. The van der Waals surface area contributed by atoms with Crippen LogP contribution >= 0.6 is 11.6 Å². The van der Waals surface area contributed by atoms with E-state index >= 15 is 0 Å². The lowest BCUT2D eigenvalue weighted by Gasteiger charge is -2.30. The second-order valence-electron chi connectivity index (χ2n) is 7.18. The Balaban J connectivity index is 1.89. The third-order valence-corrected chi connectivity index (χ3v) is 7.32. The van der Waals surface area contributed by atoms with Crippen molar-refractivity contribution in [1.82, 2.24) is 4.90 Å². The molecule has 150 valence electrons. The number of carbonyl (C=O) groups excluding carboxylic acids is 2. The maximum absolute atomic E-state index is 12.9. The van der Waals surface area contributed by atoms with Crippen molar-refractivity contribution in [1.29, 1.82) is 0 Å². The van der Waals surface area contributed by atoms with E-state index in [1.807, 2.05) is 0 Å². The summed E-state index contributed by atoms with van der Waals surface area (Å²) in [5.74, 6) is -2.14. The molecular weight excluding hydrogens is 414 g/mol. The van der Waals surface area contributed by atoms with Crippen molar-refractivity contribution >= 4 is 38.9 Å². The first kappa shape index (κ1) is 19.7. The molecule has 2 aliphatic heterocycles. The Kier molecular flexibility index (Phi) is 4.96. The van der Waals surface area contributed by atoms with Crippen LogP contribution in [0.4, 0.5) is 0 Å². The van der Waals surface area contributed by atoms with Gasteiger partial charge in [-0.25, -0.2) is 8.42 Å². The Morgan fingerprint density at radius 3 is 2.28 bits per heavy atom. The normalized spacial score (nSPS) is 25.5. The number of amides is 1. The van der Waals surface area contributed by atoms with Gasteiger partial charge in [0.25, 0.3) is 11.7 Å². The van der Waals surface area contributed by atoms with Gasteiger partial charge in [-0.1, -0.05) is 54.1 Å². The molecule has 6 nitrogen and oxygen atoms in total. The van der Waals surface area contributed by atoms with Gasteiger partial charge in [0.15, 0.2) is 9.84 Å². The van der Waals surface area contributed by atoms with E-state index in [2.05, 4.69) is 0 Å². The summed E-state index contributed by atoms with van der Waals surface area (Å²) in [7, 11) is -3.28. The van der Waals surface area contributed by atoms with Crippen LogP contribution in [0, 0.1) is 0 Å². The van der Waals surface area contributed by atoms with Crippen molar-refractivity contribution in [3.63, 3.8) is 0 Å². The Labute approximate surface area is 173 Å². The van der Waals surface area contributed by atoms with Crippen LogP contribution in [0.5, 0.6) is 0 Å². The lowest BCUT2D eigenvalue weighted by Crippen LogP contribution is -2.40.